The van der Waals surface area contributed by atoms with E-state index in [0.29, 0.717) is 23.9 Å². The lowest BCUT2D eigenvalue weighted by atomic mass is 9.89. The van der Waals surface area contributed by atoms with Crippen LogP contribution < -0.4 is 5.32 Å². The molecule has 22 heavy (non-hydrogen) atoms. The predicted molar refractivity (Wildman–Crippen MR) is 81.8 cm³/mol. The fourth-order valence-corrected chi connectivity index (χ4v) is 2.94. The van der Waals surface area contributed by atoms with Gasteiger partial charge < -0.3 is 9.84 Å². The number of benzene rings is 1. The second-order valence-electron chi connectivity index (χ2n) is 6.02. The van der Waals surface area contributed by atoms with Gasteiger partial charge in [-0.25, -0.2) is 4.39 Å². The first-order valence-electron chi connectivity index (χ1n) is 8.04. The largest absolute Gasteiger partial charge is 0.338 e. The molecule has 0 radical (unpaired) electrons. The first-order chi connectivity index (χ1) is 10.7. The summed E-state index contributed by atoms with van der Waals surface area (Å²) in [5.74, 6) is 1.65. The molecule has 1 unspecified atom stereocenters. The van der Waals surface area contributed by atoms with Crippen molar-refractivity contribution in [1.29, 1.82) is 0 Å². The minimum Gasteiger partial charge on any atom is -0.338 e. The molecule has 5 heteroatoms. The molecule has 3 rings (SSSR count). The van der Waals surface area contributed by atoms with Gasteiger partial charge in [0.1, 0.15) is 5.82 Å². The predicted octanol–water partition coefficient (Wildman–Crippen LogP) is 4.11. The highest BCUT2D eigenvalue weighted by molar-refractivity contribution is 5.17. The van der Waals surface area contributed by atoms with Gasteiger partial charge in [0.2, 0.25) is 5.89 Å². The molecule has 1 aliphatic carbocycles. The zero-order valence-electron chi connectivity index (χ0n) is 12.9. The number of rotatable bonds is 5. The number of hydrogen-bond donors (Lipinski definition) is 1. The van der Waals surface area contributed by atoms with Crippen LogP contribution in [0.5, 0.6) is 0 Å². The summed E-state index contributed by atoms with van der Waals surface area (Å²) in [6.07, 6.45) is 6.10. The zero-order chi connectivity index (χ0) is 15.4. The minimum absolute atomic E-state index is 0.0931. The topological polar surface area (TPSA) is 51.0 Å². The number of aromatic nitrogens is 2. The molecule has 1 saturated carbocycles. The second kappa shape index (κ2) is 7.01. The van der Waals surface area contributed by atoms with Gasteiger partial charge >= 0.3 is 0 Å². The van der Waals surface area contributed by atoms with Gasteiger partial charge in [-0.1, -0.05) is 42.6 Å². The van der Waals surface area contributed by atoms with Gasteiger partial charge in [0.25, 0.3) is 0 Å². The SMILES string of the molecule is CC(NCc1ccccc1F)c1nc(C2CCCCC2)no1. The maximum absolute atomic E-state index is 13.6. The van der Waals surface area contributed by atoms with E-state index in [4.69, 9.17) is 4.52 Å². The van der Waals surface area contributed by atoms with Crippen molar-refractivity contribution in [3.63, 3.8) is 0 Å². The molecule has 1 fully saturated rings. The molecular weight excluding hydrogens is 281 g/mol. The Morgan fingerprint density at radius 3 is 2.82 bits per heavy atom. The molecule has 0 aliphatic heterocycles. The van der Waals surface area contributed by atoms with Crippen molar-refractivity contribution >= 4 is 0 Å². The first kappa shape index (κ1) is 15.2. The molecule has 1 N–H and O–H groups in total. The standard InChI is InChI=1S/C17H22FN3O/c1-12(19-11-14-9-5-6-10-15(14)18)17-20-16(21-22-17)13-7-3-2-4-8-13/h5-6,9-10,12-13,19H,2-4,7-8,11H2,1H3. The number of nitrogens with zero attached hydrogens (tertiary/aromatic N) is 2. The fourth-order valence-electron chi connectivity index (χ4n) is 2.94. The summed E-state index contributed by atoms with van der Waals surface area (Å²) in [5.41, 5.74) is 0.640. The molecule has 1 aromatic carbocycles. The van der Waals surface area contributed by atoms with E-state index in [9.17, 15) is 4.39 Å². The van der Waals surface area contributed by atoms with Gasteiger partial charge in [-0.15, -0.1) is 0 Å². The van der Waals surface area contributed by atoms with E-state index < -0.39 is 0 Å². The molecule has 1 atom stereocenters. The van der Waals surface area contributed by atoms with Gasteiger partial charge in [-0.2, -0.15) is 4.98 Å². The lowest BCUT2D eigenvalue weighted by Gasteiger charge is -2.17. The smallest absolute Gasteiger partial charge is 0.243 e. The fraction of sp³-hybridized carbons (Fsp3) is 0.529. The molecule has 0 saturated heterocycles. The van der Waals surface area contributed by atoms with Gasteiger partial charge in [-0.3, -0.25) is 0 Å². The Morgan fingerprint density at radius 2 is 2.05 bits per heavy atom. The molecule has 1 heterocycles. The summed E-state index contributed by atoms with van der Waals surface area (Å²) in [6, 6.07) is 6.67. The average Bonchev–Trinajstić information content (AvgIpc) is 3.05. The van der Waals surface area contributed by atoms with E-state index >= 15 is 0 Å². The molecular formula is C17H22FN3O. The van der Waals surface area contributed by atoms with Crippen LogP contribution in [0.1, 0.15) is 68.3 Å². The third-order valence-electron chi connectivity index (χ3n) is 4.35. The number of nitrogens with one attached hydrogen (secondary N) is 1. The molecule has 0 bridgehead atoms. The van der Waals surface area contributed by atoms with Crippen LogP contribution in [0, 0.1) is 5.82 Å². The van der Waals surface area contributed by atoms with Crippen LogP contribution in [-0.2, 0) is 6.54 Å². The van der Waals surface area contributed by atoms with Crippen LogP contribution in [0.2, 0.25) is 0 Å². The van der Waals surface area contributed by atoms with Gasteiger partial charge in [0.05, 0.1) is 6.04 Å². The molecule has 0 amide bonds. The average molecular weight is 303 g/mol. The zero-order valence-corrected chi connectivity index (χ0v) is 12.9. The molecule has 0 spiro atoms. The quantitative estimate of drug-likeness (QED) is 0.903. The third kappa shape index (κ3) is 3.53. The van der Waals surface area contributed by atoms with Crippen molar-refractivity contribution in [2.75, 3.05) is 0 Å². The molecule has 4 nitrogen and oxygen atoms in total. The van der Waals surface area contributed by atoms with Crippen molar-refractivity contribution < 1.29 is 8.91 Å². The van der Waals surface area contributed by atoms with E-state index in [-0.39, 0.29) is 11.9 Å². The number of hydrogen-bond acceptors (Lipinski definition) is 4. The monoisotopic (exact) mass is 303 g/mol. The van der Waals surface area contributed by atoms with Crippen LogP contribution in [0.3, 0.4) is 0 Å². The van der Waals surface area contributed by atoms with Crippen LogP contribution in [-0.4, -0.2) is 10.1 Å². The van der Waals surface area contributed by atoms with E-state index in [1.807, 2.05) is 13.0 Å². The van der Waals surface area contributed by atoms with Crippen LogP contribution >= 0.6 is 0 Å². The Hall–Kier alpha value is -1.75. The summed E-state index contributed by atoms with van der Waals surface area (Å²) in [6.45, 7) is 2.40. The minimum atomic E-state index is -0.198. The summed E-state index contributed by atoms with van der Waals surface area (Å²) >= 11 is 0. The van der Waals surface area contributed by atoms with E-state index in [1.54, 1.807) is 12.1 Å². The van der Waals surface area contributed by atoms with E-state index in [1.165, 1.54) is 25.3 Å². The summed E-state index contributed by atoms with van der Waals surface area (Å²) in [4.78, 5) is 4.53. The first-order valence-corrected chi connectivity index (χ1v) is 8.04. The van der Waals surface area contributed by atoms with Crippen LogP contribution in [0.4, 0.5) is 4.39 Å². The van der Waals surface area contributed by atoms with Gasteiger partial charge in [0, 0.05) is 18.0 Å². The molecule has 118 valence electrons. The highest BCUT2D eigenvalue weighted by atomic mass is 19.1. The summed E-state index contributed by atoms with van der Waals surface area (Å²) in [5, 5.41) is 7.37. The maximum atomic E-state index is 13.6. The lowest BCUT2D eigenvalue weighted by molar-refractivity contribution is 0.328. The third-order valence-corrected chi connectivity index (χ3v) is 4.35. The Morgan fingerprint density at radius 1 is 1.27 bits per heavy atom. The van der Waals surface area contributed by atoms with Crippen molar-refractivity contribution in [3.8, 4) is 0 Å². The molecule has 2 aromatic rings. The van der Waals surface area contributed by atoms with Crippen LogP contribution in [0.15, 0.2) is 28.8 Å². The normalized spacial score (nSPS) is 17.5. The molecule has 1 aliphatic rings. The van der Waals surface area contributed by atoms with E-state index in [0.717, 1.165) is 18.7 Å². The second-order valence-corrected chi connectivity index (χ2v) is 6.02. The summed E-state index contributed by atoms with van der Waals surface area (Å²) < 4.78 is 19.0. The maximum Gasteiger partial charge on any atom is 0.243 e. The van der Waals surface area contributed by atoms with Gasteiger partial charge in [-0.05, 0) is 25.8 Å². The number of halogens is 1. The summed E-state index contributed by atoms with van der Waals surface area (Å²) in [7, 11) is 0. The van der Waals surface area contributed by atoms with Crippen molar-refractivity contribution in [1.82, 2.24) is 15.5 Å². The van der Waals surface area contributed by atoms with Crippen molar-refractivity contribution in [2.45, 2.75) is 57.5 Å². The van der Waals surface area contributed by atoms with Crippen LogP contribution in [0.25, 0.3) is 0 Å². The molecule has 1 aromatic heterocycles. The Bertz CT molecular complexity index is 607. The lowest BCUT2D eigenvalue weighted by Crippen LogP contribution is -2.19. The van der Waals surface area contributed by atoms with Gasteiger partial charge in [0.15, 0.2) is 5.82 Å². The van der Waals surface area contributed by atoms with Crippen molar-refractivity contribution in [3.05, 3.63) is 47.4 Å². The van der Waals surface area contributed by atoms with E-state index in [2.05, 4.69) is 15.5 Å². The highest BCUT2D eigenvalue weighted by Crippen LogP contribution is 2.31. The van der Waals surface area contributed by atoms with Crippen molar-refractivity contribution in [2.24, 2.45) is 0 Å². The highest BCUT2D eigenvalue weighted by Gasteiger charge is 2.22. The Kier molecular flexibility index (Phi) is 4.83. The Labute approximate surface area is 130 Å². The Balaban J connectivity index is 1.59.